The van der Waals surface area contributed by atoms with E-state index in [4.69, 9.17) is 23.2 Å². The van der Waals surface area contributed by atoms with Crippen molar-refractivity contribution in [3.05, 3.63) is 34.1 Å². The Labute approximate surface area is 155 Å². The summed E-state index contributed by atoms with van der Waals surface area (Å²) in [5.74, 6) is 1.55. The summed E-state index contributed by atoms with van der Waals surface area (Å²) in [6, 6.07) is 5.11. The molecule has 1 N–H and O–H groups in total. The Morgan fingerprint density at radius 3 is 2.62 bits per heavy atom. The standard InChI is InChI=1S/C16H18Cl2N4OS/c1-22-15(10-5-2-3-6-10)20-21-16(22)24-9-13(23)19-14-11(17)7-4-8-12(14)18/h4,7-8,10H,2-3,5-6,9H2,1H3,(H,19,23). The minimum Gasteiger partial charge on any atom is -0.323 e. The highest BCUT2D eigenvalue weighted by atomic mass is 35.5. The van der Waals surface area contributed by atoms with Crippen LogP contribution in [0.25, 0.3) is 0 Å². The van der Waals surface area contributed by atoms with Gasteiger partial charge >= 0.3 is 0 Å². The van der Waals surface area contributed by atoms with Crippen molar-refractivity contribution in [3.8, 4) is 0 Å². The van der Waals surface area contributed by atoms with E-state index in [1.165, 1.54) is 37.4 Å². The van der Waals surface area contributed by atoms with Gasteiger partial charge in [0.1, 0.15) is 5.82 Å². The van der Waals surface area contributed by atoms with Gasteiger partial charge in [0.25, 0.3) is 0 Å². The zero-order valence-corrected chi connectivity index (χ0v) is 15.6. The van der Waals surface area contributed by atoms with Crippen LogP contribution in [-0.4, -0.2) is 26.4 Å². The first-order valence-corrected chi connectivity index (χ1v) is 9.56. The van der Waals surface area contributed by atoms with E-state index in [2.05, 4.69) is 15.5 Å². The number of carbonyl (C=O) groups is 1. The van der Waals surface area contributed by atoms with Crippen LogP contribution in [0.15, 0.2) is 23.4 Å². The fourth-order valence-electron chi connectivity index (χ4n) is 2.91. The number of hydrogen-bond donors (Lipinski definition) is 1. The summed E-state index contributed by atoms with van der Waals surface area (Å²) >= 11 is 13.5. The van der Waals surface area contributed by atoms with Gasteiger partial charge in [-0.3, -0.25) is 4.79 Å². The number of anilines is 1. The van der Waals surface area contributed by atoms with Gasteiger partial charge in [0, 0.05) is 13.0 Å². The zero-order valence-electron chi connectivity index (χ0n) is 13.3. The normalized spacial score (nSPS) is 15.0. The van der Waals surface area contributed by atoms with Crippen LogP contribution >= 0.6 is 35.0 Å². The van der Waals surface area contributed by atoms with Crippen molar-refractivity contribution in [1.29, 1.82) is 0 Å². The van der Waals surface area contributed by atoms with Gasteiger partial charge in [0.2, 0.25) is 5.91 Å². The molecule has 1 amide bonds. The maximum Gasteiger partial charge on any atom is 0.234 e. The van der Waals surface area contributed by atoms with E-state index in [1.807, 2.05) is 11.6 Å². The number of benzene rings is 1. The Morgan fingerprint density at radius 2 is 1.96 bits per heavy atom. The average Bonchev–Trinajstić information content (AvgIpc) is 3.19. The van der Waals surface area contributed by atoms with Crippen LogP contribution in [0.5, 0.6) is 0 Å². The summed E-state index contributed by atoms with van der Waals surface area (Å²) < 4.78 is 2.00. The molecule has 1 aliphatic carbocycles. The van der Waals surface area contributed by atoms with Crippen LogP contribution in [0.1, 0.15) is 37.4 Å². The van der Waals surface area contributed by atoms with Crippen LogP contribution in [0.3, 0.4) is 0 Å². The third-order valence-electron chi connectivity index (χ3n) is 4.15. The Bertz CT molecular complexity index is 723. The Hall–Kier alpha value is -1.24. The van der Waals surface area contributed by atoms with Crippen molar-refractivity contribution >= 4 is 46.6 Å². The largest absolute Gasteiger partial charge is 0.323 e. The van der Waals surface area contributed by atoms with E-state index in [0.29, 0.717) is 21.7 Å². The third-order valence-corrected chi connectivity index (χ3v) is 5.80. The number of para-hydroxylation sites is 1. The molecule has 0 radical (unpaired) electrons. The molecule has 1 fully saturated rings. The summed E-state index contributed by atoms with van der Waals surface area (Å²) in [5.41, 5.74) is 0.441. The fourth-order valence-corrected chi connectivity index (χ4v) is 4.12. The van der Waals surface area contributed by atoms with E-state index in [-0.39, 0.29) is 11.7 Å². The first-order valence-electron chi connectivity index (χ1n) is 7.82. The molecule has 1 aromatic heterocycles. The maximum absolute atomic E-state index is 12.2. The minimum absolute atomic E-state index is 0.180. The van der Waals surface area contributed by atoms with Crippen LogP contribution in [-0.2, 0) is 11.8 Å². The second-order valence-electron chi connectivity index (χ2n) is 5.81. The molecular formula is C16H18Cl2N4OS. The first-order chi connectivity index (χ1) is 11.6. The highest BCUT2D eigenvalue weighted by Gasteiger charge is 2.23. The van der Waals surface area contributed by atoms with Crippen LogP contribution in [0.2, 0.25) is 10.0 Å². The third kappa shape index (κ3) is 3.87. The molecule has 5 nitrogen and oxygen atoms in total. The molecule has 1 aliphatic rings. The molecule has 0 saturated heterocycles. The lowest BCUT2D eigenvalue weighted by atomic mass is 10.1. The molecule has 2 aromatic rings. The van der Waals surface area contributed by atoms with Crippen molar-refractivity contribution < 1.29 is 4.79 Å². The van der Waals surface area contributed by atoms with Crippen molar-refractivity contribution in [2.75, 3.05) is 11.1 Å². The Kier molecular flexibility index (Phi) is 5.69. The monoisotopic (exact) mass is 384 g/mol. The Balaban J connectivity index is 1.60. The van der Waals surface area contributed by atoms with Gasteiger partial charge in [-0.2, -0.15) is 0 Å². The lowest BCUT2D eigenvalue weighted by molar-refractivity contribution is -0.113. The number of nitrogens with one attached hydrogen (secondary N) is 1. The Morgan fingerprint density at radius 1 is 1.29 bits per heavy atom. The van der Waals surface area contributed by atoms with E-state index < -0.39 is 0 Å². The summed E-state index contributed by atoms with van der Waals surface area (Å²) in [6.07, 6.45) is 4.84. The molecule has 1 aromatic carbocycles. The topological polar surface area (TPSA) is 59.8 Å². The number of amides is 1. The van der Waals surface area contributed by atoms with Crippen molar-refractivity contribution in [3.63, 3.8) is 0 Å². The van der Waals surface area contributed by atoms with Crippen molar-refractivity contribution in [1.82, 2.24) is 14.8 Å². The molecule has 1 saturated carbocycles. The van der Waals surface area contributed by atoms with Gasteiger partial charge in [-0.15, -0.1) is 10.2 Å². The summed E-state index contributed by atoms with van der Waals surface area (Å²) in [6.45, 7) is 0. The molecular weight excluding hydrogens is 367 g/mol. The smallest absolute Gasteiger partial charge is 0.234 e. The van der Waals surface area contributed by atoms with Gasteiger partial charge in [-0.05, 0) is 25.0 Å². The van der Waals surface area contributed by atoms with Gasteiger partial charge in [0.15, 0.2) is 5.16 Å². The molecule has 0 unspecified atom stereocenters. The average molecular weight is 385 g/mol. The van der Waals surface area contributed by atoms with Gasteiger partial charge in [-0.1, -0.05) is 53.9 Å². The molecule has 0 spiro atoms. The number of halogens is 2. The molecule has 8 heteroatoms. The van der Waals surface area contributed by atoms with E-state index in [9.17, 15) is 4.79 Å². The van der Waals surface area contributed by atoms with Gasteiger partial charge in [-0.25, -0.2) is 0 Å². The molecule has 0 atom stereocenters. The predicted molar refractivity (Wildman–Crippen MR) is 98.0 cm³/mol. The summed E-state index contributed by atoms with van der Waals surface area (Å²) in [7, 11) is 1.96. The van der Waals surface area contributed by atoms with Gasteiger partial charge < -0.3 is 9.88 Å². The summed E-state index contributed by atoms with van der Waals surface area (Å²) in [5, 5.41) is 12.9. The van der Waals surface area contributed by atoms with Crippen molar-refractivity contribution in [2.24, 2.45) is 7.05 Å². The SMILES string of the molecule is Cn1c(SCC(=O)Nc2c(Cl)cccc2Cl)nnc1C1CCCC1. The number of nitrogens with zero attached hydrogens (tertiary/aromatic N) is 3. The highest BCUT2D eigenvalue weighted by Crippen LogP contribution is 2.34. The molecule has 24 heavy (non-hydrogen) atoms. The number of aromatic nitrogens is 3. The number of hydrogen-bond acceptors (Lipinski definition) is 4. The minimum atomic E-state index is -0.180. The van der Waals surface area contributed by atoms with E-state index in [1.54, 1.807) is 18.2 Å². The second kappa shape index (κ2) is 7.76. The van der Waals surface area contributed by atoms with Crippen LogP contribution in [0, 0.1) is 0 Å². The van der Waals surface area contributed by atoms with E-state index in [0.717, 1.165) is 11.0 Å². The quantitative estimate of drug-likeness (QED) is 0.770. The summed E-state index contributed by atoms with van der Waals surface area (Å²) in [4.78, 5) is 12.2. The highest BCUT2D eigenvalue weighted by molar-refractivity contribution is 7.99. The predicted octanol–water partition coefficient (Wildman–Crippen LogP) is 4.51. The molecule has 0 bridgehead atoms. The fraction of sp³-hybridized carbons (Fsp3) is 0.438. The van der Waals surface area contributed by atoms with Crippen molar-refractivity contribution in [2.45, 2.75) is 36.8 Å². The molecule has 1 heterocycles. The number of carbonyl (C=O) groups excluding carboxylic acids is 1. The zero-order chi connectivity index (χ0) is 17.1. The molecule has 0 aliphatic heterocycles. The first kappa shape index (κ1) is 17.6. The van der Waals surface area contributed by atoms with Crippen LogP contribution < -0.4 is 5.32 Å². The van der Waals surface area contributed by atoms with E-state index >= 15 is 0 Å². The molecule has 3 rings (SSSR count). The maximum atomic E-state index is 12.2. The number of rotatable bonds is 5. The second-order valence-corrected chi connectivity index (χ2v) is 7.57. The van der Waals surface area contributed by atoms with Gasteiger partial charge in [0.05, 0.1) is 21.5 Å². The molecule has 128 valence electrons. The lowest BCUT2D eigenvalue weighted by Crippen LogP contribution is -2.15. The van der Waals surface area contributed by atoms with Crippen LogP contribution in [0.4, 0.5) is 5.69 Å². The lowest BCUT2D eigenvalue weighted by Gasteiger charge is -2.10. The number of thioether (sulfide) groups is 1.